The van der Waals surface area contributed by atoms with Crippen molar-refractivity contribution in [3.8, 4) is 11.6 Å². The molecule has 29 heavy (non-hydrogen) atoms. The van der Waals surface area contributed by atoms with Crippen molar-refractivity contribution in [1.82, 2.24) is 19.6 Å². The molecule has 0 radical (unpaired) electrons. The van der Waals surface area contributed by atoms with Crippen molar-refractivity contribution in [2.75, 3.05) is 32.7 Å². The number of carbonyl (C=O) groups excluding carboxylic acids is 1. The Bertz CT molecular complexity index is 976. The van der Waals surface area contributed by atoms with Gasteiger partial charge in [-0.1, -0.05) is 37.3 Å². The highest BCUT2D eigenvalue weighted by molar-refractivity contribution is 5.84. The van der Waals surface area contributed by atoms with Gasteiger partial charge in [-0.15, -0.1) is 5.10 Å². The molecule has 1 atom stereocenters. The first-order valence-electron chi connectivity index (χ1n) is 10.3. The standard InChI is InChI=1S/C23H28N4O2/c1-3-22(17-25-12-14-26(15-13-25)18(2)28)29-23-10-11-27(24-23)21-9-8-19-6-4-5-7-20(19)16-21/h4-11,16,22H,3,12-15,17H2,1-2H3. The number of hydrogen-bond acceptors (Lipinski definition) is 4. The number of fused-ring (bicyclic) bond motifs is 1. The Labute approximate surface area is 171 Å². The van der Waals surface area contributed by atoms with Crippen LogP contribution in [0.2, 0.25) is 0 Å². The van der Waals surface area contributed by atoms with Crippen LogP contribution in [0, 0.1) is 0 Å². The summed E-state index contributed by atoms with van der Waals surface area (Å²) < 4.78 is 8.04. The van der Waals surface area contributed by atoms with E-state index in [0.29, 0.717) is 5.88 Å². The molecule has 6 nitrogen and oxygen atoms in total. The number of rotatable bonds is 6. The molecule has 1 aliphatic rings. The summed E-state index contributed by atoms with van der Waals surface area (Å²) in [5, 5.41) is 7.04. The SMILES string of the molecule is CCC(CN1CCN(C(C)=O)CC1)Oc1ccn(-c2ccc3ccccc3c2)n1. The molecule has 1 fully saturated rings. The van der Waals surface area contributed by atoms with Crippen LogP contribution in [0.25, 0.3) is 16.5 Å². The molecule has 2 heterocycles. The van der Waals surface area contributed by atoms with Gasteiger partial charge in [0.15, 0.2) is 0 Å². The van der Waals surface area contributed by atoms with E-state index in [9.17, 15) is 4.79 Å². The monoisotopic (exact) mass is 392 g/mol. The lowest BCUT2D eigenvalue weighted by molar-refractivity contribution is -0.130. The Hall–Kier alpha value is -2.86. The van der Waals surface area contributed by atoms with Gasteiger partial charge in [0.1, 0.15) is 6.10 Å². The van der Waals surface area contributed by atoms with Gasteiger partial charge in [-0.05, 0) is 29.3 Å². The summed E-state index contributed by atoms with van der Waals surface area (Å²) in [7, 11) is 0. The minimum atomic E-state index is 0.0823. The van der Waals surface area contributed by atoms with Gasteiger partial charge in [0, 0.05) is 51.9 Å². The second-order valence-corrected chi connectivity index (χ2v) is 7.58. The summed E-state index contributed by atoms with van der Waals surface area (Å²) >= 11 is 0. The number of aromatic nitrogens is 2. The third kappa shape index (κ3) is 4.59. The van der Waals surface area contributed by atoms with E-state index in [1.54, 1.807) is 6.92 Å². The molecule has 1 amide bonds. The zero-order valence-corrected chi connectivity index (χ0v) is 17.1. The van der Waals surface area contributed by atoms with Crippen LogP contribution < -0.4 is 4.74 Å². The molecule has 0 aliphatic carbocycles. The molecule has 0 spiro atoms. The predicted molar refractivity (Wildman–Crippen MR) is 114 cm³/mol. The Morgan fingerprint density at radius 3 is 2.55 bits per heavy atom. The van der Waals surface area contributed by atoms with Crippen molar-refractivity contribution >= 4 is 16.7 Å². The maximum absolute atomic E-state index is 11.5. The molecule has 4 rings (SSSR count). The van der Waals surface area contributed by atoms with Crippen LogP contribution in [-0.4, -0.2) is 64.3 Å². The molecule has 1 unspecified atom stereocenters. The van der Waals surface area contributed by atoms with Crippen molar-refractivity contribution in [1.29, 1.82) is 0 Å². The topological polar surface area (TPSA) is 50.6 Å². The first kappa shape index (κ1) is 19.5. The third-order valence-electron chi connectivity index (χ3n) is 5.58. The normalized spacial score (nSPS) is 16.1. The van der Waals surface area contributed by atoms with E-state index in [-0.39, 0.29) is 12.0 Å². The maximum atomic E-state index is 11.5. The number of benzene rings is 2. The minimum Gasteiger partial charge on any atom is -0.472 e. The van der Waals surface area contributed by atoms with E-state index in [2.05, 4.69) is 47.3 Å². The molecule has 1 aromatic heterocycles. The fraction of sp³-hybridized carbons (Fsp3) is 0.391. The highest BCUT2D eigenvalue weighted by Crippen LogP contribution is 2.20. The number of nitrogens with zero attached hydrogens (tertiary/aromatic N) is 4. The highest BCUT2D eigenvalue weighted by Gasteiger charge is 2.22. The number of carbonyl (C=O) groups is 1. The molecule has 1 aliphatic heterocycles. The van der Waals surface area contributed by atoms with Gasteiger partial charge in [0.05, 0.1) is 5.69 Å². The fourth-order valence-electron chi connectivity index (χ4n) is 3.79. The summed E-state index contributed by atoms with van der Waals surface area (Å²) in [5.41, 5.74) is 1.02. The second-order valence-electron chi connectivity index (χ2n) is 7.58. The van der Waals surface area contributed by atoms with E-state index < -0.39 is 0 Å². The van der Waals surface area contributed by atoms with Crippen molar-refractivity contribution < 1.29 is 9.53 Å². The molecule has 3 aromatic rings. The van der Waals surface area contributed by atoms with Crippen molar-refractivity contribution in [2.45, 2.75) is 26.4 Å². The minimum absolute atomic E-state index is 0.0823. The number of piperazine rings is 1. The van der Waals surface area contributed by atoms with E-state index in [0.717, 1.165) is 44.8 Å². The molecule has 0 bridgehead atoms. The summed E-state index contributed by atoms with van der Waals surface area (Å²) in [6, 6.07) is 16.6. The van der Waals surface area contributed by atoms with E-state index >= 15 is 0 Å². The summed E-state index contributed by atoms with van der Waals surface area (Å²) in [6.07, 6.45) is 2.94. The zero-order chi connectivity index (χ0) is 20.2. The van der Waals surface area contributed by atoms with Crippen LogP contribution in [0.5, 0.6) is 5.88 Å². The average Bonchev–Trinajstić information content (AvgIpc) is 3.22. The maximum Gasteiger partial charge on any atom is 0.233 e. The van der Waals surface area contributed by atoms with Gasteiger partial charge in [-0.3, -0.25) is 9.69 Å². The summed E-state index contributed by atoms with van der Waals surface area (Å²) in [6.45, 7) is 8.00. The first-order valence-corrected chi connectivity index (χ1v) is 10.3. The van der Waals surface area contributed by atoms with Crippen molar-refractivity contribution in [3.63, 3.8) is 0 Å². The van der Waals surface area contributed by atoms with Gasteiger partial charge in [0.2, 0.25) is 11.8 Å². The summed E-state index contributed by atoms with van der Waals surface area (Å²) in [4.78, 5) is 15.8. The molecular weight excluding hydrogens is 364 g/mol. The lowest BCUT2D eigenvalue weighted by atomic mass is 10.1. The van der Waals surface area contributed by atoms with Crippen molar-refractivity contribution in [2.24, 2.45) is 0 Å². The lowest BCUT2D eigenvalue weighted by Gasteiger charge is -2.35. The van der Waals surface area contributed by atoms with Crippen LogP contribution in [-0.2, 0) is 4.79 Å². The molecule has 2 aromatic carbocycles. The van der Waals surface area contributed by atoms with Gasteiger partial charge in [0.25, 0.3) is 0 Å². The molecule has 152 valence electrons. The average molecular weight is 393 g/mol. The molecule has 0 saturated carbocycles. The molecular formula is C23H28N4O2. The number of amides is 1. The van der Waals surface area contributed by atoms with Gasteiger partial charge < -0.3 is 9.64 Å². The van der Waals surface area contributed by atoms with E-state index in [4.69, 9.17) is 4.74 Å². The van der Waals surface area contributed by atoms with E-state index in [1.165, 1.54) is 10.8 Å². The first-order chi connectivity index (χ1) is 14.1. The van der Waals surface area contributed by atoms with Crippen LogP contribution in [0.4, 0.5) is 0 Å². The lowest BCUT2D eigenvalue weighted by Crippen LogP contribution is -2.50. The number of hydrogen-bond donors (Lipinski definition) is 0. The fourth-order valence-corrected chi connectivity index (χ4v) is 3.79. The van der Waals surface area contributed by atoms with Gasteiger partial charge >= 0.3 is 0 Å². The van der Waals surface area contributed by atoms with Crippen molar-refractivity contribution in [3.05, 3.63) is 54.7 Å². The largest absolute Gasteiger partial charge is 0.472 e. The van der Waals surface area contributed by atoms with Crippen LogP contribution in [0.3, 0.4) is 0 Å². The third-order valence-corrected chi connectivity index (χ3v) is 5.58. The smallest absolute Gasteiger partial charge is 0.233 e. The highest BCUT2D eigenvalue weighted by atomic mass is 16.5. The summed E-state index contributed by atoms with van der Waals surface area (Å²) in [5.74, 6) is 0.805. The molecule has 0 N–H and O–H groups in total. The Morgan fingerprint density at radius 1 is 1.07 bits per heavy atom. The Morgan fingerprint density at radius 2 is 1.83 bits per heavy atom. The van der Waals surface area contributed by atoms with Crippen LogP contribution in [0.15, 0.2) is 54.7 Å². The molecule has 1 saturated heterocycles. The number of ether oxygens (including phenoxy) is 1. The quantitative estimate of drug-likeness (QED) is 0.646. The Kier molecular flexibility index (Phi) is 5.81. The second kappa shape index (κ2) is 8.66. The molecule has 6 heteroatoms. The van der Waals surface area contributed by atoms with Crippen LogP contribution in [0.1, 0.15) is 20.3 Å². The van der Waals surface area contributed by atoms with E-state index in [1.807, 2.05) is 34.0 Å². The predicted octanol–water partition coefficient (Wildman–Crippen LogP) is 3.35. The van der Waals surface area contributed by atoms with Gasteiger partial charge in [-0.25, -0.2) is 4.68 Å². The van der Waals surface area contributed by atoms with Crippen LogP contribution >= 0.6 is 0 Å². The zero-order valence-electron chi connectivity index (χ0n) is 17.1. The Balaban J connectivity index is 1.39. The van der Waals surface area contributed by atoms with Gasteiger partial charge in [-0.2, -0.15) is 0 Å².